The number of ether oxygens (including phenoxy) is 2. The van der Waals surface area contributed by atoms with Crippen LogP contribution in [0.4, 0.5) is 0 Å². The average molecular weight is 263 g/mol. The highest BCUT2D eigenvalue weighted by atomic mass is 16.5. The minimum Gasteiger partial charge on any atom is -0.376 e. The molecule has 1 aromatic carbocycles. The van der Waals surface area contributed by atoms with Crippen molar-refractivity contribution < 1.29 is 14.3 Å². The minimum absolute atomic E-state index is 0.0659. The van der Waals surface area contributed by atoms with Crippen molar-refractivity contribution >= 4 is 5.91 Å². The third kappa shape index (κ3) is 4.65. The molecule has 0 heterocycles. The molecule has 1 N–H and O–H groups in total. The van der Waals surface area contributed by atoms with Gasteiger partial charge >= 0.3 is 0 Å². The lowest BCUT2D eigenvalue weighted by atomic mass is 9.83. The molecule has 1 aliphatic carbocycles. The van der Waals surface area contributed by atoms with Gasteiger partial charge in [0.15, 0.2) is 0 Å². The molecule has 4 nitrogen and oxygen atoms in total. The van der Waals surface area contributed by atoms with Gasteiger partial charge in [0, 0.05) is 7.05 Å². The Balaban J connectivity index is 1.52. The first-order chi connectivity index (χ1) is 9.28. The van der Waals surface area contributed by atoms with Gasteiger partial charge in [-0.2, -0.15) is 0 Å². The van der Waals surface area contributed by atoms with E-state index in [1.54, 1.807) is 7.05 Å². The molecule has 1 aromatic rings. The van der Waals surface area contributed by atoms with Gasteiger partial charge in [0.25, 0.3) is 0 Å². The van der Waals surface area contributed by atoms with Gasteiger partial charge < -0.3 is 14.8 Å². The van der Waals surface area contributed by atoms with Crippen LogP contribution in [0.15, 0.2) is 30.3 Å². The first kappa shape index (κ1) is 14.0. The van der Waals surface area contributed by atoms with Gasteiger partial charge in [0.05, 0.1) is 19.3 Å². The number of hydrogen-bond acceptors (Lipinski definition) is 3. The SMILES string of the molecule is CNC(=O)CO[C@H]1C[C@H](COCc2ccccc2)C1. The Morgan fingerprint density at radius 2 is 2.05 bits per heavy atom. The molecule has 0 radical (unpaired) electrons. The zero-order valence-corrected chi connectivity index (χ0v) is 11.3. The molecular weight excluding hydrogens is 242 g/mol. The van der Waals surface area contributed by atoms with E-state index in [0.717, 1.165) is 19.4 Å². The van der Waals surface area contributed by atoms with E-state index in [9.17, 15) is 4.79 Å². The quantitative estimate of drug-likeness (QED) is 0.815. The fourth-order valence-corrected chi connectivity index (χ4v) is 2.13. The monoisotopic (exact) mass is 263 g/mol. The average Bonchev–Trinajstić information content (AvgIpc) is 2.41. The Hall–Kier alpha value is -1.39. The molecular formula is C15H21NO3. The molecule has 4 heteroatoms. The van der Waals surface area contributed by atoms with Crippen LogP contribution < -0.4 is 5.32 Å². The molecule has 19 heavy (non-hydrogen) atoms. The third-order valence-electron chi connectivity index (χ3n) is 3.39. The number of rotatable bonds is 7. The van der Waals surface area contributed by atoms with Gasteiger partial charge in [-0.05, 0) is 24.3 Å². The highest BCUT2D eigenvalue weighted by Gasteiger charge is 2.30. The molecule has 0 saturated heterocycles. The van der Waals surface area contributed by atoms with Crippen LogP contribution in [0, 0.1) is 5.92 Å². The predicted molar refractivity (Wildman–Crippen MR) is 72.6 cm³/mol. The second-order valence-corrected chi connectivity index (χ2v) is 4.94. The van der Waals surface area contributed by atoms with Crippen LogP contribution in [0.25, 0.3) is 0 Å². The summed E-state index contributed by atoms with van der Waals surface area (Å²) in [6.45, 7) is 1.61. The summed E-state index contributed by atoms with van der Waals surface area (Å²) in [6.07, 6.45) is 2.21. The van der Waals surface area contributed by atoms with Crippen LogP contribution in [-0.2, 0) is 20.9 Å². The van der Waals surface area contributed by atoms with Crippen molar-refractivity contribution in [1.29, 1.82) is 0 Å². The van der Waals surface area contributed by atoms with Gasteiger partial charge in [0.1, 0.15) is 6.61 Å². The summed E-state index contributed by atoms with van der Waals surface area (Å²) in [4.78, 5) is 11.0. The Kier molecular flexibility index (Phi) is 5.36. The van der Waals surface area contributed by atoms with E-state index in [0.29, 0.717) is 12.5 Å². The van der Waals surface area contributed by atoms with Gasteiger partial charge in [-0.3, -0.25) is 4.79 Å². The first-order valence-electron chi connectivity index (χ1n) is 6.71. The lowest BCUT2D eigenvalue weighted by Crippen LogP contribution is -2.36. The van der Waals surface area contributed by atoms with Crippen molar-refractivity contribution in [2.45, 2.75) is 25.6 Å². The fourth-order valence-electron chi connectivity index (χ4n) is 2.13. The number of likely N-dealkylation sites (N-methyl/N-ethyl adjacent to an activating group) is 1. The number of amides is 1. The van der Waals surface area contributed by atoms with Crippen molar-refractivity contribution in [2.24, 2.45) is 5.92 Å². The van der Waals surface area contributed by atoms with Gasteiger partial charge in [-0.15, -0.1) is 0 Å². The molecule has 0 aromatic heterocycles. The normalized spacial score (nSPS) is 21.7. The Bertz CT molecular complexity index is 388. The van der Waals surface area contributed by atoms with Crippen LogP contribution in [-0.4, -0.2) is 32.3 Å². The standard InChI is InChI=1S/C15H21NO3/c1-16-15(17)11-19-14-7-13(8-14)10-18-9-12-5-3-2-4-6-12/h2-6,13-14H,7-11H2,1H3,(H,16,17)/t13-,14-. The summed E-state index contributed by atoms with van der Waals surface area (Å²) >= 11 is 0. The molecule has 104 valence electrons. The molecule has 1 fully saturated rings. The van der Waals surface area contributed by atoms with E-state index in [2.05, 4.69) is 17.4 Å². The zero-order chi connectivity index (χ0) is 13.5. The van der Waals surface area contributed by atoms with E-state index in [4.69, 9.17) is 9.47 Å². The van der Waals surface area contributed by atoms with Crippen molar-refractivity contribution in [1.82, 2.24) is 5.32 Å². The largest absolute Gasteiger partial charge is 0.376 e. The first-order valence-corrected chi connectivity index (χ1v) is 6.71. The molecule has 0 bridgehead atoms. The maximum atomic E-state index is 11.0. The second kappa shape index (κ2) is 7.26. The van der Waals surface area contributed by atoms with Crippen LogP contribution in [0.2, 0.25) is 0 Å². The van der Waals surface area contributed by atoms with E-state index in [1.807, 2.05) is 18.2 Å². The topological polar surface area (TPSA) is 47.6 Å². The number of carbonyl (C=O) groups excluding carboxylic acids is 1. The van der Waals surface area contributed by atoms with Crippen LogP contribution >= 0.6 is 0 Å². The summed E-state index contributed by atoms with van der Waals surface area (Å²) in [6, 6.07) is 10.2. The summed E-state index contributed by atoms with van der Waals surface area (Å²) < 4.78 is 11.1. The molecule has 1 saturated carbocycles. The number of benzene rings is 1. The van der Waals surface area contributed by atoms with Crippen LogP contribution in [0.1, 0.15) is 18.4 Å². The number of carbonyl (C=O) groups is 1. The minimum atomic E-state index is -0.0659. The molecule has 1 aliphatic rings. The molecule has 0 aliphatic heterocycles. The molecule has 2 rings (SSSR count). The molecule has 0 unspecified atom stereocenters. The van der Waals surface area contributed by atoms with E-state index < -0.39 is 0 Å². The highest BCUT2D eigenvalue weighted by Crippen LogP contribution is 2.30. The van der Waals surface area contributed by atoms with Crippen molar-refractivity contribution in [3.05, 3.63) is 35.9 Å². The summed E-state index contributed by atoms with van der Waals surface area (Å²) in [5.41, 5.74) is 1.20. The predicted octanol–water partition coefficient (Wildman–Crippen LogP) is 1.74. The third-order valence-corrected chi connectivity index (χ3v) is 3.39. The fraction of sp³-hybridized carbons (Fsp3) is 0.533. The summed E-state index contributed by atoms with van der Waals surface area (Å²) in [5, 5.41) is 2.54. The Morgan fingerprint density at radius 1 is 1.32 bits per heavy atom. The molecule has 1 amide bonds. The van der Waals surface area contributed by atoms with Gasteiger partial charge in [-0.1, -0.05) is 30.3 Å². The lowest BCUT2D eigenvalue weighted by Gasteiger charge is -2.34. The van der Waals surface area contributed by atoms with E-state index in [1.165, 1.54) is 5.56 Å². The van der Waals surface area contributed by atoms with Gasteiger partial charge in [-0.25, -0.2) is 0 Å². The second-order valence-electron chi connectivity index (χ2n) is 4.94. The smallest absolute Gasteiger partial charge is 0.245 e. The zero-order valence-electron chi connectivity index (χ0n) is 11.3. The Morgan fingerprint density at radius 3 is 2.74 bits per heavy atom. The van der Waals surface area contributed by atoms with Crippen molar-refractivity contribution in [3.63, 3.8) is 0 Å². The van der Waals surface area contributed by atoms with E-state index in [-0.39, 0.29) is 18.6 Å². The van der Waals surface area contributed by atoms with Gasteiger partial charge in [0.2, 0.25) is 5.91 Å². The van der Waals surface area contributed by atoms with Crippen molar-refractivity contribution in [2.75, 3.05) is 20.3 Å². The number of nitrogens with one attached hydrogen (secondary N) is 1. The summed E-state index contributed by atoms with van der Waals surface area (Å²) in [5.74, 6) is 0.502. The lowest BCUT2D eigenvalue weighted by molar-refractivity contribution is -0.131. The van der Waals surface area contributed by atoms with Crippen molar-refractivity contribution in [3.8, 4) is 0 Å². The van der Waals surface area contributed by atoms with Crippen LogP contribution in [0.3, 0.4) is 0 Å². The summed E-state index contributed by atoms with van der Waals surface area (Å²) in [7, 11) is 1.62. The maximum absolute atomic E-state index is 11.0. The molecule has 0 spiro atoms. The maximum Gasteiger partial charge on any atom is 0.245 e. The van der Waals surface area contributed by atoms with E-state index >= 15 is 0 Å². The highest BCUT2D eigenvalue weighted by molar-refractivity contribution is 5.76. The van der Waals surface area contributed by atoms with Crippen LogP contribution in [0.5, 0.6) is 0 Å². The Labute approximate surface area is 114 Å². The number of hydrogen-bond donors (Lipinski definition) is 1. The molecule has 0 atom stereocenters.